The van der Waals surface area contributed by atoms with Gasteiger partial charge in [-0.1, -0.05) is 36.4 Å². The van der Waals surface area contributed by atoms with Gasteiger partial charge < -0.3 is 10.1 Å². The van der Waals surface area contributed by atoms with Crippen molar-refractivity contribution in [3.63, 3.8) is 0 Å². The minimum Gasteiger partial charge on any atom is -0.497 e. The highest BCUT2D eigenvalue weighted by Crippen LogP contribution is 2.22. The molecule has 156 valence electrons. The molecule has 1 aliphatic heterocycles. The van der Waals surface area contributed by atoms with E-state index >= 15 is 0 Å². The van der Waals surface area contributed by atoms with Crippen molar-refractivity contribution in [1.82, 2.24) is 15.2 Å². The number of hydrogen-bond donors (Lipinski definition) is 2. The fourth-order valence-corrected chi connectivity index (χ4v) is 4.31. The Balaban J connectivity index is 1.21. The summed E-state index contributed by atoms with van der Waals surface area (Å²) in [5.41, 5.74) is 4.98. The van der Waals surface area contributed by atoms with Crippen LogP contribution in [0.15, 0.2) is 53.9 Å². The summed E-state index contributed by atoms with van der Waals surface area (Å²) in [4.78, 5) is 19.1. The maximum Gasteiger partial charge on any atom is 0.321 e. The van der Waals surface area contributed by atoms with Crippen LogP contribution in [0.5, 0.6) is 5.75 Å². The number of urea groups is 1. The molecule has 30 heavy (non-hydrogen) atoms. The van der Waals surface area contributed by atoms with Crippen LogP contribution in [0, 0.1) is 0 Å². The second-order valence-electron chi connectivity index (χ2n) is 7.35. The van der Waals surface area contributed by atoms with Crippen LogP contribution < -0.4 is 15.4 Å². The van der Waals surface area contributed by atoms with E-state index in [0.29, 0.717) is 11.7 Å². The molecule has 7 heteroatoms. The van der Waals surface area contributed by atoms with Gasteiger partial charge in [-0.15, -0.1) is 11.3 Å². The first-order valence-electron chi connectivity index (χ1n) is 10.1. The van der Waals surface area contributed by atoms with Crippen molar-refractivity contribution < 1.29 is 9.53 Å². The summed E-state index contributed by atoms with van der Waals surface area (Å²) in [6, 6.07) is 16.2. The predicted octanol–water partition coefficient (Wildman–Crippen LogP) is 4.07. The van der Waals surface area contributed by atoms with Gasteiger partial charge in [-0.05, 0) is 41.7 Å². The van der Waals surface area contributed by atoms with E-state index in [2.05, 4.69) is 44.8 Å². The van der Waals surface area contributed by atoms with Crippen molar-refractivity contribution in [2.45, 2.75) is 25.9 Å². The Labute approximate surface area is 180 Å². The Kier molecular flexibility index (Phi) is 6.61. The van der Waals surface area contributed by atoms with E-state index in [0.717, 1.165) is 49.5 Å². The second kappa shape index (κ2) is 9.73. The molecule has 2 aromatic carbocycles. The molecule has 3 aromatic rings. The third-order valence-corrected chi connectivity index (χ3v) is 6.03. The molecule has 1 aliphatic rings. The van der Waals surface area contributed by atoms with Gasteiger partial charge in [0.15, 0.2) is 5.13 Å². The maximum atomic E-state index is 12.2. The number of hydrogen-bond acceptors (Lipinski definition) is 5. The van der Waals surface area contributed by atoms with Crippen LogP contribution in [0.3, 0.4) is 0 Å². The Morgan fingerprint density at radius 1 is 1.17 bits per heavy atom. The summed E-state index contributed by atoms with van der Waals surface area (Å²) in [6.07, 6.45) is 1.83. The monoisotopic (exact) mass is 422 g/mol. The molecule has 0 radical (unpaired) electrons. The van der Waals surface area contributed by atoms with E-state index in [1.165, 1.54) is 22.5 Å². The molecule has 0 bridgehead atoms. The van der Waals surface area contributed by atoms with Crippen LogP contribution in [0.25, 0.3) is 0 Å². The Hall–Kier alpha value is -2.90. The van der Waals surface area contributed by atoms with Crippen molar-refractivity contribution in [2.24, 2.45) is 0 Å². The average Bonchev–Trinajstić information content (AvgIpc) is 3.20. The first-order chi connectivity index (χ1) is 14.7. The lowest BCUT2D eigenvalue weighted by molar-refractivity contribution is 0.243. The van der Waals surface area contributed by atoms with E-state index in [1.807, 2.05) is 29.6 Å². The van der Waals surface area contributed by atoms with E-state index < -0.39 is 0 Å². The molecule has 0 saturated carbocycles. The normalized spacial score (nSPS) is 13.5. The number of carbonyl (C=O) groups is 1. The van der Waals surface area contributed by atoms with Crippen LogP contribution in [-0.4, -0.2) is 36.1 Å². The van der Waals surface area contributed by atoms with E-state index in [9.17, 15) is 4.79 Å². The number of fused-ring (bicyclic) bond motifs is 1. The van der Waals surface area contributed by atoms with E-state index in [-0.39, 0.29) is 6.03 Å². The molecule has 4 rings (SSSR count). The fourth-order valence-electron chi connectivity index (χ4n) is 3.61. The van der Waals surface area contributed by atoms with Gasteiger partial charge in [0.2, 0.25) is 0 Å². The second-order valence-corrected chi connectivity index (χ2v) is 8.21. The Morgan fingerprint density at radius 3 is 2.77 bits per heavy atom. The predicted molar refractivity (Wildman–Crippen MR) is 120 cm³/mol. The first kappa shape index (κ1) is 20.4. The molecule has 2 amide bonds. The van der Waals surface area contributed by atoms with Crippen molar-refractivity contribution in [1.29, 1.82) is 0 Å². The van der Waals surface area contributed by atoms with Gasteiger partial charge in [-0.3, -0.25) is 10.2 Å². The largest absolute Gasteiger partial charge is 0.497 e. The summed E-state index contributed by atoms with van der Waals surface area (Å²) in [5.74, 6) is 0.831. The molecule has 0 fully saturated rings. The molecular formula is C23H26N4O2S. The summed E-state index contributed by atoms with van der Waals surface area (Å²) in [5, 5.41) is 8.37. The lowest BCUT2D eigenvalue weighted by atomic mass is 10.00. The van der Waals surface area contributed by atoms with Gasteiger partial charge in [0.1, 0.15) is 5.75 Å². The Morgan fingerprint density at radius 2 is 1.97 bits per heavy atom. The maximum absolute atomic E-state index is 12.2. The first-order valence-corrected chi connectivity index (χ1v) is 11.0. The number of nitrogens with one attached hydrogen (secondary N) is 2. The number of ether oxygens (including phenoxy) is 1. The van der Waals surface area contributed by atoms with Crippen molar-refractivity contribution >= 4 is 22.5 Å². The SMILES string of the molecule is COc1ccc(CCNC(=O)Nc2nc(CN3CCc4ccccc4C3)cs2)cc1. The number of nitrogens with zero attached hydrogens (tertiary/aromatic N) is 2. The van der Waals surface area contributed by atoms with Crippen molar-refractivity contribution in [3.05, 3.63) is 76.3 Å². The molecule has 2 N–H and O–H groups in total. The molecule has 0 atom stereocenters. The lowest BCUT2D eigenvalue weighted by Gasteiger charge is -2.27. The molecule has 0 aliphatic carbocycles. The smallest absolute Gasteiger partial charge is 0.321 e. The molecule has 0 spiro atoms. The van der Waals surface area contributed by atoms with E-state index in [4.69, 9.17) is 4.74 Å². The lowest BCUT2D eigenvalue weighted by Crippen LogP contribution is -2.31. The van der Waals surface area contributed by atoms with Crippen molar-refractivity contribution in [2.75, 3.05) is 25.5 Å². The van der Waals surface area contributed by atoms with Gasteiger partial charge in [0, 0.05) is 31.6 Å². The van der Waals surface area contributed by atoms with Crippen molar-refractivity contribution in [3.8, 4) is 5.75 Å². The zero-order valence-corrected chi connectivity index (χ0v) is 17.9. The molecule has 0 saturated heterocycles. The number of carbonyl (C=O) groups excluding carboxylic acids is 1. The quantitative estimate of drug-likeness (QED) is 0.602. The number of benzene rings is 2. The number of rotatable bonds is 7. The molecular weight excluding hydrogens is 396 g/mol. The highest BCUT2D eigenvalue weighted by atomic mass is 32.1. The topological polar surface area (TPSA) is 66.5 Å². The number of methoxy groups -OCH3 is 1. The van der Waals surface area contributed by atoms with Gasteiger partial charge >= 0.3 is 6.03 Å². The third kappa shape index (κ3) is 5.37. The third-order valence-electron chi connectivity index (χ3n) is 5.23. The summed E-state index contributed by atoms with van der Waals surface area (Å²) < 4.78 is 5.16. The number of aromatic nitrogens is 1. The number of thiazole rings is 1. The van der Waals surface area contributed by atoms with E-state index in [1.54, 1.807) is 7.11 Å². The minimum atomic E-state index is -0.226. The van der Waals surface area contributed by atoms with Crippen LogP contribution in [0.1, 0.15) is 22.4 Å². The molecule has 0 unspecified atom stereocenters. The molecule has 6 nitrogen and oxygen atoms in total. The van der Waals surface area contributed by atoms with Gasteiger partial charge in [-0.25, -0.2) is 9.78 Å². The highest BCUT2D eigenvalue weighted by Gasteiger charge is 2.17. The zero-order chi connectivity index (χ0) is 20.8. The summed E-state index contributed by atoms with van der Waals surface area (Å²) in [7, 11) is 1.65. The minimum absolute atomic E-state index is 0.226. The van der Waals surface area contributed by atoms with Crippen LogP contribution in [0.2, 0.25) is 0 Å². The highest BCUT2D eigenvalue weighted by molar-refractivity contribution is 7.13. The Bertz CT molecular complexity index is 987. The zero-order valence-electron chi connectivity index (χ0n) is 17.1. The average molecular weight is 423 g/mol. The van der Waals surface area contributed by atoms with Gasteiger partial charge in [0.05, 0.1) is 12.8 Å². The summed E-state index contributed by atoms with van der Waals surface area (Å²) in [6.45, 7) is 3.33. The molecule has 2 heterocycles. The fraction of sp³-hybridized carbons (Fsp3) is 0.304. The number of amides is 2. The molecule has 1 aromatic heterocycles. The van der Waals surface area contributed by atoms with Gasteiger partial charge in [0.25, 0.3) is 0 Å². The standard InChI is InChI=1S/C23H26N4O2S/c1-29-21-8-6-17(7-9-21)10-12-24-22(28)26-23-25-20(16-30-23)15-27-13-11-18-4-2-3-5-19(18)14-27/h2-9,16H,10-15H2,1H3,(H2,24,25,26,28). The number of anilines is 1. The van der Waals surface area contributed by atoms with Crippen LogP contribution in [0.4, 0.5) is 9.93 Å². The van der Waals surface area contributed by atoms with Crippen LogP contribution in [-0.2, 0) is 25.9 Å². The van der Waals surface area contributed by atoms with Gasteiger partial charge in [-0.2, -0.15) is 0 Å². The summed E-state index contributed by atoms with van der Waals surface area (Å²) >= 11 is 1.46. The van der Waals surface area contributed by atoms with Crippen LogP contribution >= 0.6 is 11.3 Å².